The van der Waals surface area contributed by atoms with Gasteiger partial charge in [-0.15, -0.1) is 0 Å². The summed E-state index contributed by atoms with van der Waals surface area (Å²) in [5.41, 5.74) is 2.91. The lowest BCUT2D eigenvalue weighted by Crippen LogP contribution is -2.52. The maximum absolute atomic E-state index is 14.0. The Kier molecular flexibility index (Phi) is 11.1. The molecule has 0 saturated carbocycles. The van der Waals surface area contributed by atoms with Crippen LogP contribution in [0.5, 0.6) is 5.75 Å². The first kappa shape index (κ1) is 31.0. The second-order valence-corrected chi connectivity index (χ2v) is 11.3. The van der Waals surface area contributed by atoms with Gasteiger partial charge in [-0.2, -0.15) is 11.8 Å². The lowest BCUT2D eigenvalue weighted by Gasteiger charge is -2.34. The second-order valence-electron chi connectivity index (χ2n) is 10.3. The summed E-state index contributed by atoms with van der Waals surface area (Å²) < 4.78 is 5.40. The molecule has 8 nitrogen and oxygen atoms in total. The van der Waals surface area contributed by atoms with E-state index < -0.39 is 23.8 Å². The van der Waals surface area contributed by atoms with Crippen LogP contribution in [-0.2, 0) is 14.3 Å². The van der Waals surface area contributed by atoms with Crippen molar-refractivity contribution < 1.29 is 24.2 Å². The Morgan fingerprint density at radius 3 is 2.21 bits per heavy atom. The van der Waals surface area contributed by atoms with Crippen LogP contribution in [0.15, 0.2) is 36.4 Å². The number of ether oxygens (including phenoxy) is 1. The van der Waals surface area contributed by atoms with Gasteiger partial charge in [0.2, 0.25) is 5.91 Å². The number of phenols is 1. The molecule has 0 radical (unpaired) electrons. The molecular formula is C29H41N3O5S. The van der Waals surface area contributed by atoms with Crippen LogP contribution in [0.3, 0.4) is 0 Å². The van der Waals surface area contributed by atoms with Gasteiger partial charge >= 0.3 is 6.09 Å². The number of phenolic OH excluding ortho intramolecular Hbond substituents is 1. The molecule has 2 atom stereocenters. The van der Waals surface area contributed by atoms with E-state index >= 15 is 0 Å². The zero-order valence-electron chi connectivity index (χ0n) is 23.7. The Balaban J connectivity index is 2.51. The zero-order valence-corrected chi connectivity index (χ0v) is 24.5. The number of para-hydroxylation sites is 1. The van der Waals surface area contributed by atoms with Gasteiger partial charge in [0.25, 0.3) is 5.91 Å². The molecule has 2 aromatic rings. The number of amides is 3. The number of aromatic hydroxyl groups is 1. The Morgan fingerprint density at radius 2 is 1.68 bits per heavy atom. The van der Waals surface area contributed by atoms with Gasteiger partial charge in [0, 0.05) is 12.2 Å². The van der Waals surface area contributed by atoms with Crippen molar-refractivity contribution in [3.8, 4) is 5.75 Å². The monoisotopic (exact) mass is 543 g/mol. The molecule has 208 valence electrons. The van der Waals surface area contributed by atoms with Crippen LogP contribution in [0.1, 0.15) is 62.4 Å². The van der Waals surface area contributed by atoms with E-state index in [0.717, 1.165) is 11.1 Å². The Hall–Kier alpha value is -3.20. The molecule has 0 aromatic heterocycles. The molecule has 9 heteroatoms. The van der Waals surface area contributed by atoms with E-state index in [2.05, 4.69) is 10.6 Å². The number of alkyl carbamates (subject to hydrolysis) is 1. The molecule has 2 rings (SSSR count). The molecule has 3 amide bonds. The molecule has 0 aliphatic carbocycles. The Morgan fingerprint density at radius 1 is 1.05 bits per heavy atom. The minimum atomic E-state index is -0.997. The third kappa shape index (κ3) is 8.41. The second kappa shape index (κ2) is 13.6. The summed E-state index contributed by atoms with van der Waals surface area (Å²) in [6, 6.07) is 8.73. The van der Waals surface area contributed by atoms with Gasteiger partial charge in [-0.05, 0) is 101 Å². The number of hydrogen-bond donors (Lipinski definition) is 3. The molecule has 0 bridgehead atoms. The summed E-state index contributed by atoms with van der Waals surface area (Å²) in [5.74, 6) is -0.0497. The topological polar surface area (TPSA) is 108 Å². The normalized spacial score (nSPS) is 12.8. The number of aryl methyl sites for hydroxylation is 3. The van der Waals surface area contributed by atoms with Gasteiger partial charge in [-0.1, -0.05) is 24.3 Å². The van der Waals surface area contributed by atoms with Crippen molar-refractivity contribution >= 4 is 35.4 Å². The molecule has 2 aromatic carbocycles. The highest BCUT2D eigenvalue weighted by molar-refractivity contribution is 7.98. The number of carbonyl (C=O) groups is 3. The van der Waals surface area contributed by atoms with Crippen molar-refractivity contribution in [1.29, 1.82) is 0 Å². The third-order valence-electron chi connectivity index (χ3n) is 6.05. The van der Waals surface area contributed by atoms with E-state index in [-0.39, 0.29) is 24.1 Å². The van der Waals surface area contributed by atoms with Crippen LogP contribution < -0.4 is 10.6 Å². The van der Waals surface area contributed by atoms with Crippen molar-refractivity contribution in [2.45, 2.75) is 72.6 Å². The molecule has 0 fully saturated rings. The Labute approximate surface area is 230 Å². The average molecular weight is 544 g/mol. The van der Waals surface area contributed by atoms with Crippen molar-refractivity contribution in [3.05, 3.63) is 58.7 Å². The number of hydrogen-bond acceptors (Lipinski definition) is 6. The van der Waals surface area contributed by atoms with E-state index in [9.17, 15) is 19.5 Å². The summed E-state index contributed by atoms with van der Waals surface area (Å²) in [6.07, 6.45) is 1.60. The minimum absolute atomic E-state index is 0.0986. The first-order chi connectivity index (χ1) is 17.8. The predicted molar refractivity (Wildman–Crippen MR) is 154 cm³/mol. The van der Waals surface area contributed by atoms with E-state index in [1.165, 1.54) is 11.0 Å². The average Bonchev–Trinajstić information content (AvgIpc) is 2.82. The fourth-order valence-corrected chi connectivity index (χ4v) is 4.60. The van der Waals surface area contributed by atoms with Crippen LogP contribution in [0.25, 0.3) is 0 Å². The fraction of sp³-hybridized carbons (Fsp3) is 0.483. The zero-order chi connectivity index (χ0) is 28.6. The van der Waals surface area contributed by atoms with E-state index in [1.807, 2.05) is 38.3 Å². The van der Waals surface area contributed by atoms with Crippen molar-refractivity contribution in [1.82, 2.24) is 10.2 Å². The van der Waals surface area contributed by atoms with Crippen molar-refractivity contribution in [2.24, 2.45) is 0 Å². The number of carbonyl (C=O) groups excluding carboxylic acids is 3. The van der Waals surface area contributed by atoms with Crippen LogP contribution >= 0.6 is 11.8 Å². The molecule has 3 N–H and O–H groups in total. The predicted octanol–water partition coefficient (Wildman–Crippen LogP) is 5.49. The van der Waals surface area contributed by atoms with E-state index in [1.54, 1.807) is 58.5 Å². The number of thioether (sulfide) groups is 1. The molecule has 0 aliphatic rings. The van der Waals surface area contributed by atoms with Crippen LogP contribution in [0.4, 0.5) is 10.5 Å². The number of nitrogens with zero attached hydrogens (tertiary/aromatic N) is 1. The van der Waals surface area contributed by atoms with Gasteiger partial charge in [-0.3, -0.25) is 9.59 Å². The SMILES string of the molecule is CCN(C(=O)C(CCSC)NC(=O)OC(C)(C)C)C(C(=O)Nc1c(C)cccc1C)c1ccc(O)c(C)c1. The molecular weight excluding hydrogens is 502 g/mol. The molecule has 0 heterocycles. The molecule has 0 spiro atoms. The van der Waals surface area contributed by atoms with Crippen LogP contribution in [0, 0.1) is 20.8 Å². The molecule has 2 unspecified atom stereocenters. The number of rotatable bonds is 10. The van der Waals surface area contributed by atoms with Gasteiger partial charge in [0.1, 0.15) is 23.4 Å². The summed E-state index contributed by atoms with van der Waals surface area (Å²) in [6.45, 7) is 12.8. The van der Waals surface area contributed by atoms with Gasteiger partial charge in [-0.25, -0.2) is 4.79 Å². The summed E-state index contributed by atoms with van der Waals surface area (Å²) in [4.78, 5) is 41.9. The summed E-state index contributed by atoms with van der Waals surface area (Å²) >= 11 is 1.56. The highest BCUT2D eigenvalue weighted by atomic mass is 32.2. The van der Waals surface area contributed by atoms with Gasteiger partial charge in [0.15, 0.2) is 0 Å². The maximum Gasteiger partial charge on any atom is 0.408 e. The first-order valence-electron chi connectivity index (χ1n) is 12.7. The van der Waals surface area contributed by atoms with E-state index in [4.69, 9.17) is 4.74 Å². The largest absolute Gasteiger partial charge is 0.508 e. The van der Waals surface area contributed by atoms with Crippen LogP contribution in [0.2, 0.25) is 0 Å². The van der Waals surface area contributed by atoms with Gasteiger partial charge in [0.05, 0.1) is 0 Å². The number of nitrogens with one attached hydrogen (secondary N) is 2. The van der Waals surface area contributed by atoms with Gasteiger partial charge < -0.3 is 25.4 Å². The minimum Gasteiger partial charge on any atom is -0.508 e. The van der Waals surface area contributed by atoms with Crippen LogP contribution in [-0.4, -0.2) is 58.1 Å². The summed E-state index contributed by atoms with van der Waals surface area (Å²) in [5, 5.41) is 15.9. The summed E-state index contributed by atoms with van der Waals surface area (Å²) in [7, 11) is 0. The maximum atomic E-state index is 14.0. The number of benzene rings is 2. The van der Waals surface area contributed by atoms with E-state index in [0.29, 0.717) is 29.0 Å². The quantitative estimate of drug-likeness (QED) is 0.366. The first-order valence-corrected chi connectivity index (χ1v) is 14.1. The van der Waals surface area contributed by atoms with Crippen molar-refractivity contribution in [2.75, 3.05) is 23.9 Å². The Bertz CT molecular complexity index is 1130. The fourth-order valence-electron chi connectivity index (χ4n) is 4.13. The smallest absolute Gasteiger partial charge is 0.408 e. The standard InChI is InChI=1S/C29H41N3O5S/c1-9-32(27(35)22(15-16-38-8)30-28(36)37-29(5,6)7)25(21-13-14-23(33)20(4)17-21)26(34)31-24-18(2)11-10-12-19(24)3/h10-14,17,22,25,33H,9,15-16H2,1-8H3,(H,30,36)(H,31,34). The lowest BCUT2D eigenvalue weighted by molar-refractivity contribution is -0.140. The lowest BCUT2D eigenvalue weighted by atomic mass is 9.99. The molecule has 38 heavy (non-hydrogen) atoms. The number of likely N-dealkylation sites (N-methyl/N-ethyl adjacent to an activating group) is 1. The highest BCUT2D eigenvalue weighted by Crippen LogP contribution is 2.29. The molecule has 0 saturated heterocycles. The number of anilines is 1. The third-order valence-corrected chi connectivity index (χ3v) is 6.69. The highest BCUT2D eigenvalue weighted by Gasteiger charge is 2.36. The van der Waals surface area contributed by atoms with Crippen molar-refractivity contribution in [3.63, 3.8) is 0 Å². The molecule has 0 aliphatic heterocycles.